The van der Waals surface area contributed by atoms with Crippen LogP contribution in [-0.2, 0) is 0 Å². The largest absolute Gasteiger partial charge is 0.368 e. The summed E-state index contributed by atoms with van der Waals surface area (Å²) in [4.78, 5) is 16.7. The number of halogens is 3. The molecule has 1 saturated heterocycles. The van der Waals surface area contributed by atoms with Gasteiger partial charge in [0.2, 0.25) is 0 Å². The molecule has 0 aromatic heterocycles. The van der Waals surface area contributed by atoms with Crippen molar-refractivity contribution in [3.8, 4) is 0 Å². The predicted molar refractivity (Wildman–Crippen MR) is 98.4 cm³/mol. The molecule has 24 heavy (non-hydrogen) atoms. The lowest BCUT2D eigenvalue weighted by molar-refractivity contribution is 0.0746. The fourth-order valence-electron chi connectivity index (χ4n) is 2.91. The smallest absolute Gasteiger partial charge is 0.255 e. The third-order valence-corrected chi connectivity index (χ3v) is 5.13. The number of amides is 1. The molecule has 1 aliphatic rings. The van der Waals surface area contributed by atoms with Gasteiger partial charge in [0.1, 0.15) is 5.82 Å². The second-order valence-electron chi connectivity index (χ2n) is 5.83. The van der Waals surface area contributed by atoms with E-state index < -0.39 is 0 Å². The van der Waals surface area contributed by atoms with Crippen LogP contribution in [0.25, 0.3) is 0 Å². The van der Waals surface area contributed by atoms with Gasteiger partial charge in [-0.3, -0.25) is 4.79 Å². The van der Waals surface area contributed by atoms with Crippen LogP contribution in [0.4, 0.5) is 10.1 Å². The molecule has 1 aliphatic heterocycles. The number of benzene rings is 2. The average Bonchev–Trinajstić information content (AvgIpc) is 2.57. The van der Waals surface area contributed by atoms with Crippen LogP contribution in [0.5, 0.6) is 0 Å². The summed E-state index contributed by atoms with van der Waals surface area (Å²) in [5.41, 5.74) is 2.77. The van der Waals surface area contributed by atoms with Crippen molar-refractivity contribution in [2.75, 3.05) is 31.1 Å². The Bertz CT molecular complexity index is 776. The summed E-state index contributed by atoms with van der Waals surface area (Å²) >= 11 is 9.37. The van der Waals surface area contributed by atoms with Crippen molar-refractivity contribution in [1.29, 1.82) is 0 Å². The molecule has 0 radical (unpaired) electrons. The molecule has 0 spiro atoms. The van der Waals surface area contributed by atoms with E-state index in [1.807, 2.05) is 18.2 Å². The van der Waals surface area contributed by atoms with E-state index in [1.54, 1.807) is 4.90 Å². The van der Waals surface area contributed by atoms with Crippen LogP contribution in [0.15, 0.2) is 40.9 Å². The molecule has 6 heteroatoms. The zero-order valence-electron chi connectivity index (χ0n) is 13.2. The number of carbonyl (C=O) groups is 1. The number of carbonyl (C=O) groups excluding carboxylic acids is 1. The van der Waals surface area contributed by atoms with Gasteiger partial charge in [-0.2, -0.15) is 0 Å². The van der Waals surface area contributed by atoms with Crippen LogP contribution in [0, 0.1) is 12.7 Å². The minimum absolute atomic E-state index is 0.0793. The van der Waals surface area contributed by atoms with E-state index in [9.17, 15) is 9.18 Å². The molecule has 2 aromatic carbocycles. The molecule has 0 unspecified atom stereocenters. The zero-order valence-corrected chi connectivity index (χ0v) is 15.6. The maximum Gasteiger partial charge on any atom is 0.255 e. The second kappa shape index (κ2) is 7.11. The van der Waals surface area contributed by atoms with Gasteiger partial charge in [-0.25, -0.2) is 4.39 Å². The van der Waals surface area contributed by atoms with Crippen LogP contribution in [-0.4, -0.2) is 37.0 Å². The normalized spacial score (nSPS) is 14.8. The van der Waals surface area contributed by atoms with Crippen LogP contribution in [0.3, 0.4) is 0 Å². The fraction of sp³-hybridized carbons (Fsp3) is 0.278. The quantitative estimate of drug-likeness (QED) is 0.726. The first-order valence-electron chi connectivity index (χ1n) is 7.71. The van der Waals surface area contributed by atoms with Gasteiger partial charge in [0.25, 0.3) is 5.91 Å². The Morgan fingerprint density at radius 1 is 1.12 bits per heavy atom. The van der Waals surface area contributed by atoms with Crippen molar-refractivity contribution in [3.05, 3.63) is 62.8 Å². The van der Waals surface area contributed by atoms with Crippen molar-refractivity contribution < 1.29 is 9.18 Å². The van der Waals surface area contributed by atoms with Crippen molar-refractivity contribution in [1.82, 2.24) is 4.90 Å². The van der Waals surface area contributed by atoms with Gasteiger partial charge in [-0.15, -0.1) is 0 Å². The molecule has 1 heterocycles. The van der Waals surface area contributed by atoms with E-state index >= 15 is 0 Å². The van der Waals surface area contributed by atoms with Crippen molar-refractivity contribution in [2.45, 2.75) is 6.92 Å². The third kappa shape index (κ3) is 3.57. The molecule has 2 aromatic rings. The molecule has 0 atom stereocenters. The molecule has 0 bridgehead atoms. The number of hydrogen-bond acceptors (Lipinski definition) is 2. The highest BCUT2D eigenvalue weighted by Gasteiger charge is 2.24. The maximum atomic E-state index is 13.2. The third-order valence-electron chi connectivity index (χ3n) is 4.24. The van der Waals surface area contributed by atoms with E-state index in [2.05, 4.69) is 27.8 Å². The Morgan fingerprint density at radius 2 is 1.83 bits per heavy atom. The van der Waals surface area contributed by atoms with E-state index in [0.717, 1.165) is 18.8 Å². The van der Waals surface area contributed by atoms with Gasteiger partial charge in [0.05, 0.1) is 5.56 Å². The molecule has 0 saturated carbocycles. The zero-order chi connectivity index (χ0) is 17.3. The molecule has 1 amide bonds. The predicted octanol–water partition coefficient (Wildman–Crippen LogP) is 4.51. The lowest BCUT2D eigenvalue weighted by Crippen LogP contribution is -2.49. The van der Waals surface area contributed by atoms with E-state index in [1.165, 1.54) is 23.8 Å². The first-order valence-corrected chi connectivity index (χ1v) is 8.88. The maximum absolute atomic E-state index is 13.2. The number of nitrogens with zero attached hydrogens (tertiary/aromatic N) is 2. The van der Waals surface area contributed by atoms with Crippen molar-refractivity contribution in [3.63, 3.8) is 0 Å². The molecule has 0 aliphatic carbocycles. The van der Waals surface area contributed by atoms with Crippen LogP contribution in [0.1, 0.15) is 15.9 Å². The van der Waals surface area contributed by atoms with Gasteiger partial charge in [-0.05, 0) is 58.7 Å². The van der Waals surface area contributed by atoms with Gasteiger partial charge in [0, 0.05) is 41.4 Å². The summed E-state index contributed by atoms with van der Waals surface area (Å²) in [7, 11) is 0. The van der Waals surface area contributed by atoms with Crippen molar-refractivity contribution in [2.24, 2.45) is 0 Å². The summed E-state index contributed by atoms with van der Waals surface area (Å²) in [6, 6.07) is 10.00. The first kappa shape index (κ1) is 17.2. The number of aryl methyl sites for hydroxylation is 1. The minimum Gasteiger partial charge on any atom is -0.368 e. The van der Waals surface area contributed by atoms with Gasteiger partial charge in [-0.1, -0.05) is 17.7 Å². The highest BCUT2D eigenvalue weighted by atomic mass is 79.9. The summed E-state index contributed by atoms with van der Waals surface area (Å²) in [5.74, 6) is -0.441. The molecule has 3 nitrogen and oxygen atoms in total. The molecule has 126 valence electrons. The van der Waals surface area contributed by atoms with Crippen LogP contribution >= 0.6 is 27.5 Å². The molecule has 0 N–H and O–H groups in total. The van der Waals surface area contributed by atoms with E-state index in [0.29, 0.717) is 28.1 Å². The number of rotatable bonds is 2. The molecule has 1 fully saturated rings. The molecular weight excluding hydrogens is 395 g/mol. The highest BCUT2D eigenvalue weighted by molar-refractivity contribution is 9.10. The van der Waals surface area contributed by atoms with Crippen molar-refractivity contribution >= 4 is 39.1 Å². The minimum atomic E-state index is -0.361. The van der Waals surface area contributed by atoms with E-state index in [4.69, 9.17) is 11.6 Å². The Kier molecular flexibility index (Phi) is 5.11. The lowest BCUT2D eigenvalue weighted by atomic mass is 10.1. The summed E-state index contributed by atoms with van der Waals surface area (Å²) in [6.45, 7) is 4.78. The summed E-state index contributed by atoms with van der Waals surface area (Å²) in [5, 5.41) is 0.712. The highest BCUT2D eigenvalue weighted by Crippen LogP contribution is 2.26. The van der Waals surface area contributed by atoms with Gasteiger partial charge >= 0.3 is 0 Å². The van der Waals surface area contributed by atoms with Gasteiger partial charge < -0.3 is 9.80 Å². The Labute approximate surface area is 154 Å². The molecular formula is C18H17BrClFN2O. The summed E-state index contributed by atoms with van der Waals surface area (Å²) in [6.07, 6.45) is 0. The topological polar surface area (TPSA) is 23.6 Å². The Balaban J connectivity index is 1.70. The second-order valence-corrected chi connectivity index (χ2v) is 7.12. The Hall–Kier alpha value is -1.59. The average molecular weight is 412 g/mol. The summed E-state index contributed by atoms with van der Waals surface area (Å²) < 4.78 is 13.7. The number of anilines is 1. The monoisotopic (exact) mass is 410 g/mol. The fourth-order valence-corrected chi connectivity index (χ4v) is 3.59. The van der Waals surface area contributed by atoms with Crippen LogP contribution < -0.4 is 4.90 Å². The SMILES string of the molecule is Cc1ccc(Cl)cc1N1CCN(C(=O)c2ccc(F)cc2Br)CC1. The number of piperazine rings is 1. The van der Waals surface area contributed by atoms with E-state index in [-0.39, 0.29) is 11.7 Å². The number of hydrogen-bond donors (Lipinski definition) is 0. The van der Waals surface area contributed by atoms with Crippen LogP contribution in [0.2, 0.25) is 5.02 Å². The van der Waals surface area contributed by atoms with Gasteiger partial charge in [0.15, 0.2) is 0 Å². The lowest BCUT2D eigenvalue weighted by Gasteiger charge is -2.37. The standard InChI is InChI=1S/C18H17BrClFN2O/c1-12-2-3-13(20)10-17(12)22-6-8-23(9-7-22)18(24)15-5-4-14(21)11-16(15)19/h2-5,10-11H,6-9H2,1H3. The molecule has 3 rings (SSSR count). The first-order chi connectivity index (χ1) is 11.5. The Morgan fingerprint density at radius 3 is 2.50 bits per heavy atom.